The number of hydrogen-bond acceptors (Lipinski definition) is 8. The van der Waals surface area contributed by atoms with Gasteiger partial charge in [-0.15, -0.1) is 0 Å². The molecule has 0 unspecified atom stereocenters. The molecular formula is C24H18NO7-. The molecule has 0 aliphatic heterocycles. The molecule has 0 amide bonds. The zero-order valence-corrected chi connectivity index (χ0v) is 17.0. The van der Waals surface area contributed by atoms with E-state index in [9.17, 15) is 14.8 Å². The number of carbonyl (C=O) groups excluding carboxylic acids is 2. The Hall–Kier alpha value is -4.14. The van der Waals surface area contributed by atoms with Gasteiger partial charge in [-0.25, -0.2) is 9.59 Å². The van der Waals surface area contributed by atoms with Crippen LogP contribution in [0.4, 0.5) is 5.69 Å². The molecule has 0 aliphatic rings. The number of anilines is 1. The molecule has 3 aromatic carbocycles. The van der Waals surface area contributed by atoms with Crippen LogP contribution >= 0.6 is 0 Å². The normalized spacial score (nSPS) is 10.7. The van der Waals surface area contributed by atoms with Gasteiger partial charge in [-0.05, 0) is 49.4 Å². The summed E-state index contributed by atoms with van der Waals surface area (Å²) in [4.78, 5) is 25.2. The topological polar surface area (TPSA) is 112 Å². The number of fused-ring (bicyclic) bond motifs is 1. The fraction of sp³-hybridized carbons (Fsp3) is 0.0833. The van der Waals surface area contributed by atoms with Crippen LogP contribution in [0, 0.1) is 5.21 Å². The third-order valence-electron chi connectivity index (χ3n) is 4.71. The van der Waals surface area contributed by atoms with E-state index in [4.69, 9.17) is 19.1 Å². The number of nitrogens with zero attached hydrogens (tertiary/aromatic N) is 1. The average molecular weight is 432 g/mol. The van der Waals surface area contributed by atoms with Crippen molar-refractivity contribution in [1.82, 2.24) is 0 Å². The van der Waals surface area contributed by atoms with Crippen molar-refractivity contribution in [3.63, 3.8) is 0 Å². The summed E-state index contributed by atoms with van der Waals surface area (Å²) in [5, 5.41) is 19.9. The Morgan fingerprint density at radius 1 is 1.00 bits per heavy atom. The average Bonchev–Trinajstić information content (AvgIpc) is 3.19. The smallest absolute Gasteiger partial charge is 0.343 e. The van der Waals surface area contributed by atoms with Crippen molar-refractivity contribution in [3.8, 4) is 17.1 Å². The lowest BCUT2D eigenvalue weighted by Gasteiger charge is -2.21. The Kier molecular flexibility index (Phi) is 5.89. The number of hydrogen-bond donors (Lipinski definition) is 1. The van der Waals surface area contributed by atoms with Crippen LogP contribution in [-0.2, 0) is 4.74 Å². The van der Waals surface area contributed by atoms with Crippen LogP contribution in [0.5, 0.6) is 5.75 Å². The Labute approximate surface area is 182 Å². The Balaban J connectivity index is 1.70. The van der Waals surface area contributed by atoms with E-state index in [0.717, 1.165) is 0 Å². The van der Waals surface area contributed by atoms with E-state index in [1.165, 1.54) is 30.3 Å². The molecule has 0 spiro atoms. The maximum atomic E-state index is 12.7. The van der Waals surface area contributed by atoms with Crippen LogP contribution in [0.15, 0.2) is 77.2 Å². The molecule has 4 rings (SSSR count). The Bertz CT molecular complexity index is 1260. The number of furan rings is 1. The van der Waals surface area contributed by atoms with Gasteiger partial charge in [-0.1, -0.05) is 30.3 Å². The summed E-state index contributed by atoms with van der Waals surface area (Å²) in [6, 6.07) is 19.1. The van der Waals surface area contributed by atoms with Crippen molar-refractivity contribution in [3.05, 3.63) is 89.1 Å². The lowest BCUT2D eigenvalue weighted by Crippen LogP contribution is -2.10. The second-order valence-corrected chi connectivity index (χ2v) is 6.76. The Morgan fingerprint density at radius 2 is 1.72 bits per heavy atom. The summed E-state index contributed by atoms with van der Waals surface area (Å²) in [7, 11) is 0. The summed E-state index contributed by atoms with van der Waals surface area (Å²) >= 11 is 0. The van der Waals surface area contributed by atoms with Crippen LogP contribution in [0.25, 0.3) is 22.3 Å². The molecule has 8 heteroatoms. The quantitative estimate of drug-likeness (QED) is 0.252. The van der Waals surface area contributed by atoms with Crippen molar-refractivity contribution < 1.29 is 28.7 Å². The van der Waals surface area contributed by atoms with Crippen molar-refractivity contribution in [2.75, 3.05) is 11.8 Å². The SMILES string of the molecule is CCOC(=O)c1c(-c2ccccc2)oc2ccc(OC(=O)c3ccc(N([O-])O)cc3)cc12. The summed E-state index contributed by atoms with van der Waals surface area (Å²) < 4.78 is 16.6. The molecule has 0 aliphatic carbocycles. The van der Waals surface area contributed by atoms with Gasteiger partial charge in [0.25, 0.3) is 0 Å². The summed E-state index contributed by atoms with van der Waals surface area (Å²) in [5.41, 5.74) is 1.55. The first-order valence-corrected chi connectivity index (χ1v) is 9.75. The molecule has 0 atom stereocenters. The molecule has 1 aromatic heterocycles. The predicted molar refractivity (Wildman–Crippen MR) is 117 cm³/mol. The van der Waals surface area contributed by atoms with Gasteiger partial charge >= 0.3 is 11.9 Å². The largest absolute Gasteiger partial charge is 0.733 e. The highest BCUT2D eigenvalue weighted by Crippen LogP contribution is 2.36. The number of ether oxygens (including phenoxy) is 2. The van der Waals surface area contributed by atoms with E-state index in [-0.39, 0.29) is 34.4 Å². The number of benzene rings is 3. The lowest BCUT2D eigenvalue weighted by atomic mass is 10.1. The van der Waals surface area contributed by atoms with E-state index >= 15 is 0 Å². The molecule has 0 saturated carbocycles. The van der Waals surface area contributed by atoms with E-state index in [0.29, 0.717) is 22.3 Å². The van der Waals surface area contributed by atoms with E-state index in [2.05, 4.69) is 0 Å². The van der Waals surface area contributed by atoms with E-state index in [1.807, 2.05) is 30.3 Å². The molecule has 1 N–H and O–H groups in total. The van der Waals surface area contributed by atoms with E-state index < -0.39 is 11.9 Å². The third kappa shape index (κ3) is 4.18. The number of carbonyl (C=O) groups is 2. The lowest BCUT2D eigenvalue weighted by molar-refractivity contribution is 0.0528. The van der Waals surface area contributed by atoms with Gasteiger partial charge in [-0.3, -0.25) is 5.21 Å². The molecule has 1 heterocycles. The minimum absolute atomic E-state index is 0.0195. The molecule has 32 heavy (non-hydrogen) atoms. The fourth-order valence-electron chi connectivity index (χ4n) is 3.23. The van der Waals surface area contributed by atoms with Gasteiger partial charge in [0.15, 0.2) is 0 Å². The summed E-state index contributed by atoms with van der Waals surface area (Å²) in [5.74, 6) is -0.652. The third-order valence-corrected chi connectivity index (χ3v) is 4.71. The molecule has 0 saturated heterocycles. The van der Waals surface area contributed by atoms with Crippen LogP contribution in [0.3, 0.4) is 0 Å². The van der Waals surface area contributed by atoms with Crippen LogP contribution in [0.1, 0.15) is 27.6 Å². The molecule has 0 bridgehead atoms. The summed E-state index contributed by atoms with van der Waals surface area (Å²) in [6.45, 7) is 1.91. The molecule has 0 fully saturated rings. The predicted octanol–water partition coefficient (Wildman–Crippen LogP) is 5.19. The van der Waals surface area contributed by atoms with Gasteiger partial charge in [0, 0.05) is 10.9 Å². The highest BCUT2D eigenvalue weighted by molar-refractivity contribution is 6.09. The first kappa shape index (κ1) is 21.1. The summed E-state index contributed by atoms with van der Waals surface area (Å²) in [6.07, 6.45) is 0. The first-order valence-electron chi connectivity index (χ1n) is 9.75. The van der Waals surface area contributed by atoms with Crippen molar-refractivity contribution >= 4 is 28.6 Å². The van der Waals surface area contributed by atoms with Gasteiger partial charge < -0.3 is 24.3 Å². The van der Waals surface area contributed by atoms with Crippen molar-refractivity contribution in [2.45, 2.75) is 6.92 Å². The van der Waals surface area contributed by atoms with Crippen molar-refractivity contribution in [2.24, 2.45) is 0 Å². The molecule has 162 valence electrons. The zero-order valence-electron chi connectivity index (χ0n) is 17.0. The van der Waals surface area contributed by atoms with E-state index in [1.54, 1.807) is 19.1 Å². The highest BCUT2D eigenvalue weighted by atomic mass is 16.8. The number of rotatable bonds is 6. The van der Waals surface area contributed by atoms with Crippen LogP contribution in [-0.4, -0.2) is 23.8 Å². The fourth-order valence-corrected chi connectivity index (χ4v) is 3.23. The second-order valence-electron chi connectivity index (χ2n) is 6.76. The van der Waals surface area contributed by atoms with Gasteiger partial charge in [0.1, 0.15) is 22.7 Å². The maximum absolute atomic E-state index is 12.7. The number of esters is 2. The molecule has 8 nitrogen and oxygen atoms in total. The standard InChI is InChI=1S/C24H18NO7/c1-2-30-24(27)21-19-14-18(31-23(26)16-8-10-17(11-9-16)25(28)29)12-13-20(19)32-22(21)15-6-4-3-5-7-15/h3-14,28H,2H2,1H3/q-1. The van der Waals surface area contributed by atoms with Gasteiger partial charge in [0.2, 0.25) is 0 Å². The molecule has 4 aromatic rings. The maximum Gasteiger partial charge on any atom is 0.343 e. The van der Waals surface area contributed by atoms with Gasteiger partial charge in [0.05, 0.1) is 17.9 Å². The Morgan fingerprint density at radius 3 is 2.38 bits per heavy atom. The zero-order chi connectivity index (χ0) is 22.7. The van der Waals surface area contributed by atoms with Gasteiger partial charge in [-0.2, -0.15) is 0 Å². The van der Waals surface area contributed by atoms with Crippen molar-refractivity contribution in [1.29, 1.82) is 0 Å². The highest BCUT2D eigenvalue weighted by Gasteiger charge is 2.24. The second kappa shape index (κ2) is 8.93. The monoisotopic (exact) mass is 432 g/mol. The molecular weight excluding hydrogens is 414 g/mol. The van der Waals surface area contributed by atoms with Crippen LogP contribution < -0.4 is 9.96 Å². The first-order chi connectivity index (χ1) is 15.5. The van der Waals surface area contributed by atoms with Crippen LogP contribution in [0.2, 0.25) is 0 Å². The minimum Gasteiger partial charge on any atom is -0.733 e. The molecule has 0 radical (unpaired) electrons. The minimum atomic E-state index is -0.671.